The number of carbonyl (C=O) groups is 2. The highest BCUT2D eigenvalue weighted by molar-refractivity contribution is 8.00. The van der Waals surface area contributed by atoms with E-state index in [-0.39, 0.29) is 22.5 Å². The molecule has 162 valence electrons. The molecule has 8 heteroatoms. The zero-order valence-corrected chi connectivity index (χ0v) is 18.4. The molecule has 0 aromatic heterocycles. The van der Waals surface area contributed by atoms with E-state index in [0.717, 1.165) is 16.8 Å². The van der Waals surface area contributed by atoms with Gasteiger partial charge < -0.3 is 5.32 Å². The summed E-state index contributed by atoms with van der Waals surface area (Å²) in [4.78, 5) is 37.7. The number of thioether (sulfide) groups is 1. The summed E-state index contributed by atoms with van der Waals surface area (Å²) in [7, 11) is 0. The van der Waals surface area contributed by atoms with Gasteiger partial charge in [-0.3, -0.25) is 24.6 Å². The van der Waals surface area contributed by atoms with E-state index in [1.807, 2.05) is 49.4 Å². The fourth-order valence-electron chi connectivity index (χ4n) is 3.58. The third-order valence-corrected chi connectivity index (χ3v) is 6.49. The predicted molar refractivity (Wildman–Crippen MR) is 126 cm³/mol. The minimum Gasteiger partial charge on any atom is -0.322 e. The first-order chi connectivity index (χ1) is 15.3. The lowest BCUT2D eigenvalue weighted by molar-refractivity contribution is -0.385. The van der Waals surface area contributed by atoms with E-state index < -0.39 is 10.8 Å². The van der Waals surface area contributed by atoms with Gasteiger partial charge in [0.1, 0.15) is 5.37 Å². The number of anilines is 2. The van der Waals surface area contributed by atoms with Crippen LogP contribution in [0.2, 0.25) is 0 Å². The highest BCUT2D eigenvalue weighted by atomic mass is 32.2. The number of benzene rings is 3. The van der Waals surface area contributed by atoms with Gasteiger partial charge in [0.25, 0.3) is 11.6 Å². The summed E-state index contributed by atoms with van der Waals surface area (Å²) >= 11 is 1.53. The van der Waals surface area contributed by atoms with Gasteiger partial charge in [-0.1, -0.05) is 35.9 Å². The molecule has 0 radical (unpaired) electrons. The van der Waals surface area contributed by atoms with Crippen molar-refractivity contribution in [2.45, 2.75) is 19.2 Å². The number of hydrogen-bond acceptors (Lipinski definition) is 5. The number of carbonyl (C=O) groups excluding carboxylic acids is 2. The van der Waals surface area contributed by atoms with Crippen molar-refractivity contribution in [1.82, 2.24) is 0 Å². The normalized spacial score (nSPS) is 15.6. The quantitative estimate of drug-likeness (QED) is 0.426. The Balaban J connectivity index is 1.58. The van der Waals surface area contributed by atoms with E-state index in [4.69, 9.17) is 0 Å². The maximum absolute atomic E-state index is 12.7. The third kappa shape index (κ3) is 4.36. The summed E-state index contributed by atoms with van der Waals surface area (Å²) in [6.07, 6.45) is 0. The monoisotopic (exact) mass is 447 g/mol. The predicted octanol–water partition coefficient (Wildman–Crippen LogP) is 5.24. The van der Waals surface area contributed by atoms with E-state index in [0.29, 0.717) is 17.0 Å². The van der Waals surface area contributed by atoms with Gasteiger partial charge in [0.2, 0.25) is 5.91 Å². The Kier molecular flexibility index (Phi) is 5.96. The Morgan fingerprint density at radius 1 is 1.09 bits per heavy atom. The van der Waals surface area contributed by atoms with Crippen LogP contribution < -0.4 is 10.2 Å². The zero-order chi connectivity index (χ0) is 22.8. The number of hydrogen-bond donors (Lipinski definition) is 1. The van der Waals surface area contributed by atoms with Gasteiger partial charge in [-0.2, -0.15) is 0 Å². The number of nitro groups is 1. The summed E-state index contributed by atoms with van der Waals surface area (Å²) in [6, 6.07) is 19.5. The van der Waals surface area contributed by atoms with Gasteiger partial charge in [0.15, 0.2) is 0 Å². The highest BCUT2D eigenvalue weighted by Gasteiger charge is 2.34. The highest BCUT2D eigenvalue weighted by Crippen LogP contribution is 2.42. The van der Waals surface area contributed by atoms with Crippen molar-refractivity contribution in [2.75, 3.05) is 16.0 Å². The standard InChI is InChI=1S/C24H21N3O4S/c1-15-6-10-20(11-7-15)26-22(28)14-32-24(26)18-4-3-5-19(12-18)25-23(29)17-9-8-16(2)21(13-17)27(30)31/h3-13,24H,14H2,1-2H3,(H,25,29)/t24-/m0/s1. The van der Waals surface area contributed by atoms with Crippen molar-refractivity contribution in [2.24, 2.45) is 0 Å². The topological polar surface area (TPSA) is 92.6 Å². The molecule has 1 aliphatic rings. The lowest BCUT2D eigenvalue weighted by atomic mass is 10.1. The molecule has 4 rings (SSSR count). The van der Waals surface area contributed by atoms with Crippen LogP contribution in [0, 0.1) is 24.0 Å². The molecule has 0 aliphatic carbocycles. The number of nitrogens with zero attached hydrogens (tertiary/aromatic N) is 2. The molecule has 7 nitrogen and oxygen atoms in total. The first-order valence-electron chi connectivity index (χ1n) is 10.00. The van der Waals surface area contributed by atoms with Crippen LogP contribution in [0.15, 0.2) is 66.7 Å². The maximum Gasteiger partial charge on any atom is 0.273 e. The Bertz CT molecular complexity index is 1210. The van der Waals surface area contributed by atoms with E-state index in [2.05, 4.69) is 5.32 Å². The SMILES string of the molecule is Cc1ccc(N2C(=O)CS[C@H]2c2cccc(NC(=O)c3ccc(C)c([N+](=O)[O-])c3)c2)cc1. The van der Waals surface area contributed by atoms with Gasteiger partial charge >= 0.3 is 0 Å². The average molecular weight is 448 g/mol. The van der Waals surface area contributed by atoms with Crippen molar-refractivity contribution < 1.29 is 14.5 Å². The number of amides is 2. The van der Waals surface area contributed by atoms with Crippen molar-refractivity contribution in [3.05, 3.63) is 99.1 Å². The van der Waals surface area contributed by atoms with E-state index in [1.54, 1.807) is 30.0 Å². The first-order valence-corrected chi connectivity index (χ1v) is 11.0. The molecule has 0 bridgehead atoms. The molecule has 0 unspecified atom stereocenters. The molecular formula is C24H21N3O4S. The number of nitro benzene ring substituents is 1. The van der Waals surface area contributed by atoms with Gasteiger partial charge in [-0.15, -0.1) is 11.8 Å². The summed E-state index contributed by atoms with van der Waals surface area (Å²) in [5, 5.41) is 13.8. The van der Waals surface area contributed by atoms with Crippen molar-refractivity contribution >= 4 is 40.6 Å². The summed E-state index contributed by atoms with van der Waals surface area (Å²) in [5.74, 6) is -0.0247. The van der Waals surface area contributed by atoms with E-state index >= 15 is 0 Å². The van der Waals surface area contributed by atoms with Crippen LogP contribution in [0.3, 0.4) is 0 Å². The largest absolute Gasteiger partial charge is 0.322 e. The van der Waals surface area contributed by atoms with Crippen LogP contribution in [0.5, 0.6) is 0 Å². The average Bonchev–Trinajstić information content (AvgIpc) is 3.16. The van der Waals surface area contributed by atoms with Crippen LogP contribution in [0.25, 0.3) is 0 Å². The smallest absolute Gasteiger partial charge is 0.273 e. The fourth-order valence-corrected chi connectivity index (χ4v) is 4.74. The van der Waals surface area contributed by atoms with Crippen LogP contribution in [0.1, 0.15) is 32.4 Å². The van der Waals surface area contributed by atoms with E-state index in [9.17, 15) is 19.7 Å². The molecule has 0 spiro atoms. The Morgan fingerprint density at radius 2 is 1.84 bits per heavy atom. The molecule has 1 fully saturated rings. The van der Waals surface area contributed by atoms with Crippen LogP contribution in [-0.2, 0) is 4.79 Å². The molecule has 3 aromatic rings. The Hall–Kier alpha value is -3.65. The molecule has 32 heavy (non-hydrogen) atoms. The lowest BCUT2D eigenvalue weighted by Gasteiger charge is -2.25. The Morgan fingerprint density at radius 3 is 2.56 bits per heavy atom. The van der Waals surface area contributed by atoms with Crippen molar-refractivity contribution in [3.8, 4) is 0 Å². The van der Waals surface area contributed by atoms with Crippen LogP contribution >= 0.6 is 11.8 Å². The summed E-state index contributed by atoms with van der Waals surface area (Å²) in [6.45, 7) is 3.63. The van der Waals surface area contributed by atoms with Crippen LogP contribution in [-0.4, -0.2) is 22.5 Å². The minimum atomic E-state index is -0.499. The van der Waals surface area contributed by atoms with E-state index in [1.165, 1.54) is 17.8 Å². The molecule has 2 amide bonds. The molecule has 1 atom stereocenters. The van der Waals surface area contributed by atoms with Crippen molar-refractivity contribution in [3.63, 3.8) is 0 Å². The second kappa shape index (κ2) is 8.84. The molecule has 1 aliphatic heterocycles. The second-order valence-corrected chi connectivity index (χ2v) is 8.67. The van der Waals surface area contributed by atoms with Gasteiger partial charge in [0, 0.05) is 28.6 Å². The summed E-state index contributed by atoms with van der Waals surface area (Å²) < 4.78 is 0. The fraction of sp³-hybridized carbons (Fsp3) is 0.167. The minimum absolute atomic E-state index is 0.0326. The number of rotatable bonds is 5. The Labute approximate surface area is 189 Å². The van der Waals surface area contributed by atoms with Crippen LogP contribution in [0.4, 0.5) is 17.1 Å². The molecule has 1 saturated heterocycles. The molecule has 1 heterocycles. The number of aryl methyl sites for hydroxylation is 2. The molecule has 1 N–H and O–H groups in total. The van der Waals surface area contributed by atoms with Gasteiger partial charge in [-0.05, 0) is 49.7 Å². The second-order valence-electron chi connectivity index (χ2n) is 7.60. The van der Waals surface area contributed by atoms with Crippen molar-refractivity contribution in [1.29, 1.82) is 0 Å². The third-order valence-electron chi connectivity index (χ3n) is 5.28. The molecular weight excluding hydrogens is 426 g/mol. The molecule has 3 aromatic carbocycles. The van der Waals surface area contributed by atoms with Gasteiger partial charge in [-0.25, -0.2) is 0 Å². The summed E-state index contributed by atoms with van der Waals surface area (Å²) in [5.41, 5.74) is 3.99. The lowest BCUT2D eigenvalue weighted by Crippen LogP contribution is -2.27. The number of nitrogens with one attached hydrogen (secondary N) is 1. The maximum atomic E-state index is 12.7. The first kappa shape index (κ1) is 21.6. The molecule has 0 saturated carbocycles. The zero-order valence-electron chi connectivity index (χ0n) is 17.6. The van der Waals surface area contributed by atoms with Gasteiger partial charge in [0.05, 0.1) is 10.7 Å².